The third kappa shape index (κ3) is 4.94. The van der Waals surface area contributed by atoms with Crippen LogP contribution in [-0.4, -0.2) is 53.6 Å². The van der Waals surface area contributed by atoms with Crippen LogP contribution in [0.2, 0.25) is 0 Å². The van der Waals surface area contributed by atoms with E-state index in [1.54, 1.807) is 0 Å². The third-order valence-electron chi connectivity index (χ3n) is 10.9. The Bertz CT molecular complexity index is 863. The fraction of sp³-hybridized carbons (Fsp3) is 0.962. The van der Waals surface area contributed by atoms with Gasteiger partial charge in [0.2, 0.25) is 5.91 Å². The number of hydrogen-bond acceptors (Lipinski definition) is 5. The van der Waals surface area contributed by atoms with E-state index in [1.807, 2.05) is 0 Å². The van der Waals surface area contributed by atoms with Crippen molar-refractivity contribution in [2.24, 2.45) is 46.3 Å². The number of amides is 1. The molecule has 4 rings (SSSR count). The van der Waals surface area contributed by atoms with Crippen LogP contribution in [-0.2, 0) is 14.9 Å². The SMILES string of the molecule is C[C@H](CCC(=O)NCCS(=O)(=O)O)[C@H]1CC[C@@H]2[C@H]3[C@H](O)C[C@H]4C[C@H](O)CC[C@]4(C)[C@@H]3CC[C@@]21C. The number of aliphatic hydroxyl groups is 2. The van der Waals surface area contributed by atoms with Crippen LogP contribution in [0.1, 0.15) is 85.0 Å². The molecule has 0 aromatic carbocycles. The molecule has 10 atom stereocenters. The van der Waals surface area contributed by atoms with Crippen LogP contribution >= 0.6 is 0 Å². The van der Waals surface area contributed by atoms with E-state index in [0.29, 0.717) is 41.9 Å². The highest BCUT2D eigenvalue weighted by Gasteiger charge is 2.62. The van der Waals surface area contributed by atoms with E-state index < -0.39 is 15.9 Å². The van der Waals surface area contributed by atoms with E-state index in [1.165, 1.54) is 6.42 Å². The zero-order valence-electron chi connectivity index (χ0n) is 21.1. The predicted molar refractivity (Wildman–Crippen MR) is 130 cm³/mol. The van der Waals surface area contributed by atoms with E-state index >= 15 is 0 Å². The first kappa shape index (κ1) is 26.4. The van der Waals surface area contributed by atoms with Crippen molar-refractivity contribution in [2.75, 3.05) is 12.3 Å². The quantitative estimate of drug-likeness (QED) is 0.398. The first-order chi connectivity index (χ1) is 15.8. The molecule has 0 heterocycles. The van der Waals surface area contributed by atoms with Gasteiger partial charge in [0.25, 0.3) is 10.1 Å². The molecule has 0 saturated heterocycles. The van der Waals surface area contributed by atoms with Crippen LogP contribution in [0.25, 0.3) is 0 Å². The smallest absolute Gasteiger partial charge is 0.266 e. The Morgan fingerprint density at radius 1 is 1.03 bits per heavy atom. The van der Waals surface area contributed by atoms with Gasteiger partial charge in [-0.15, -0.1) is 0 Å². The van der Waals surface area contributed by atoms with Crippen LogP contribution in [0, 0.1) is 46.3 Å². The number of hydrogen-bond donors (Lipinski definition) is 4. The average molecular weight is 500 g/mol. The predicted octanol–water partition coefficient (Wildman–Crippen LogP) is 3.40. The number of carbonyl (C=O) groups is 1. The molecule has 0 aromatic rings. The Kier molecular flexibility index (Phi) is 7.47. The maximum Gasteiger partial charge on any atom is 0.266 e. The van der Waals surface area contributed by atoms with Crippen molar-refractivity contribution < 1.29 is 28.0 Å². The fourth-order valence-corrected chi connectivity index (χ4v) is 9.50. The highest BCUT2D eigenvalue weighted by atomic mass is 32.2. The minimum Gasteiger partial charge on any atom is -0.393 e. The molecule has 0 unspecified atom stereocenters. The lowest BCUT2D eigenvalue weighted by Crippen LogP contribution is -2.58. The molecule has 0 aromatic heterocycles. The molecule has 0 aliphatic heterocycles. The third-order valence-corrected chi connectivity index (χ3v) is 11.6. The van der Waals surface area contributed by atoms with Crippen molar-refractivity contribution in [3.05, 3.63) is 0 Å². The zero-order chi connectivity index (χ0) is 24.9. The maximum absolute atomic E-state index is 12.2. The summed E-state index contributed by atoms with van der Waals surface area (Å²) in [5, 5.41) is 24.2. The van der Waals surface area contributed by atoms with Gasteiger partial charge >= 0.3 is 0 Å². The summed E-state index contributed by atoms with van der Waals surface area (Å²) in [6.45, 7) is 7.05. The molecule has 0 bridgehead atoms. The van der Waals surface area contributed by atoms with Crippen molar-refractivity contribution in [3.8, 4) is 0 Å². The van der Waals surface area contributed by atoms with Gasteiger partial charge in [0, 0.05) is 13.0 Å². The van der Waals surface area contributed by atoms with Crippen molar-refractivity contribution >= 4 is 16.0 Å². The highest BCUT2D eigenvalue weighted by Crippen LogP contribution is 2.68. The molecule has 196 valence electrons. The van der Waals surface area contributed by atoms with Gasteiger partial charge < -0.3 is 15.5 Å². The molecule has 7 nitrogen and oxygen atoms in total. The Labute approximate surface area is 205 Å². The van der Waals surface area contributed by atoms with Gasteiger partial charge in [-0.1, -0.05) is 20.8 Å². The number of aliphatic hydroxyl groups excluding tert-OH is 2. The lowest BCUT2D eigenvalue weighted by atomic mass is 9.43. The average Bonchev–Trinajstić information content (AvgIpc) is 3.09. The second-order valence-electron chi connectivity index (χ2n) is 12.6. The lowest BCUT2D eigenvalue weighted by Gasteiger charge is -2.62. The monoisotopic (exact) mass is 499 g/mol. The summed E-state index contributed by atoms with van der Waals surface area (Å²) >= 11 is 0. The van der Waals surface area contributed by atoms with Gasteiger partial charge in [-0.3, -0.25) is 9.35 Å². The Balaban J connectivity index is 1.39. The van der Waals surface area contributed by atoms with Crippen LogP contribution in [0.15, 0.2) is 0 Å². The van der Waals surface area contributed by atoms with Gasteiger partial charge in [0.05, 0.1) is 18.0 Å². The van der Waals surface area contributed by atoms with Gasteiger partial charge in [0.15, 0.2) is 0 Å². The lowest BCUT2D eigenvalue weighted by molar-refractivity contribution is -0.174. The molecule has 4 aliphatic rings. The topological polar surface area (TPSA) is 124 Å². The van der Waals surface area contributed by atoms with E-state index in [-0.39, 0.29) is 35.5 Å². The summed E-state index contributed by atoms with van der Waals surface area (Å²) in [5.74, 6) is 2.10. The molecular weight excluding hydrogens is 454 g/mol. The van der Waals surface area contributed by atoms with E-state index in [9.17, 15) is 23.4 Å². The molecule has 4 fully saturated rings. The molecule has 4 N–H and O–H groups in total. The van der Waals surface area contributed by atoms with Crippen molar-refractivity contribution in [1.29, 1.82) is 0 Å². The molecule has 1 amide bonds. The number of fused-ring (bicyclic) bond motifs is 5. The standard InChI is InChI=1S/C26H45NO6S/c1-16(4-7-23(30)27-12-13-34(31,32)33)19-5-6-20-24-21(9-11-26(19,20)3)25(2)10-8-18(28)14-17(25)15-22(24)29/h16-22,24,28-29H,4-15H2,1-3H3,(H,27,30)(H,31,32,33)/t16-,17-,18-,19-,20-,21-,22-,24-,25+,26-/m1/s1. The van der Waals surface area contributed by atoms with Gasteiger partial charge in [-0.05, 0) is 104 Å². The van der Waals surface area contributed by atoms with Gasteiger partial charge in [0.1, 0.15) is 0 Å². The number of rotatable bonds is 7. The van der Waals surface area contributed by atoms with Crippen LogP contribution in [0.3, 0.4) is 0 Å². The molecule has 8 heteroatoms. The highest BCUT2D eigenvalue weighted by molar-refractivity contribution is 7.85. The molecule has 4 saturated carbocycles. The molecule has 34 heavy (non-hydrogen) atoms. The minimum atomic E-state index is -4.06. The van der Waals surface area contributed by atoms with Crippen molar-refractivity contribution in [1.82, 2.24) is 5.32 Å². The Morgan fingerprint density at radius 2 is 1.71 bits per heavy atom. The maximum atomic E-state index is 12.2. The van der Waals surface area contributed by atoms with E-state index in [4.69, 9.17) is 4.55 Å². The first-order valence-corrected chi connectivity index (χ1v) is 15.0. The van der Waals surface area contributed by atoms with Crippen molar-refractivity contribution in [2.45, 2.75) is 97.2 Å². The van der Waals surface area contributed by atoms with Gasteiger partial charge in [-0.2, -0.15) is 8.42 Å². The summed E-state index contributed by atoms with van der Waals surface area (Å²) in [4.78, 5) is 12.2. The Morgan fingerprint density at radius 3 is 2.41 bits per heavy atom. The number of nitrogens with one attached hydrogen (secondary N) is 1. The minimum absolute atomic E-state index is 0.0625. The van der Waals surface area contributed by atoms with Crippen molar-refractivity contribution in [3.63, 3.8) is 0 Å². The zero-order valence-corrected chi connectivity index (χ0v) is 21.9. The van der Waals surface area contributed by atoms with Crippen LogP contribution < -0.4 is 5.32 Å². The summed E-state index contributed by atoms with van der Waals surface area (Å²) < 4.78 is 30.5. The first-order valence-electron chi connectivity index (χ1n) is 13.4. The van der Waals surface area contributed by atoms with Gasteiger partial charge in [-0.25, -0.2) is 0 Å². The summed E-state index contributed by atoms with van der Waals surface area (Å²) in [6.07, 6.45) is 8.87. The summed E-state index contributed by atoms with van der Waals surface area (Å²) in [5.41, 5.74) is 0.411. The van der Waals surface area contributed by atoms with Crippen LogP contribution in [0.4, 0.5) is 0 Å². The summed E-state index contributed by atoms with van der Waals surface area (Å²) in [7, 11) is -4.06. The molecular formula is C26H45NO6S. The summed E-state index contributed by atoms with van der Waals surface area (Å²) in [6, 6.07) is 0. The fourth-order valence-electron chi connectivity index (χ4n) is 9.14. The second-order valence-corrected chi connectivity index (χ2v) is 14.2. The van der Waals surface area contributed by atoms with E-state index in [2.05, 4.69) is 26.1 Å². The molecule has 0 spiro atoms. The normalized spacial score (nSPS) is 45.1. The second kappa shape index (κ2) is 9.64. The molecule has 4 aliphatic carbocycles. The molecule has 0 radical (unpaired) electrons. The largest absolute Gasteiger partial charge is 0.393 e. The Hall–Kier alpha value is -0.700. The van der Waals surface area contributed by atoms with Crippen LogP contribution in [0.5, 0.6) is 0 Å². The van der Waals surface area contributed by atoms with E-state index in [0.717, 1.165) is 51.4 Å². The number of carbonyl (C=O) groups excluding carboxylic acids is 1.